The second kappa shape index (κ2) is 8.17. The summed E-state index contributed by atoms with van der Waals surface area (Å²) in [5.74, 6) is 0.474. The molecule has 4 rings (SSSR count). The largest absolute Gasteiger partial charge is 0.338 e. The van der Waals surface area contributed by atoms with Crippen LogP contribution in [0.3, 0.4) is 0 Å². The predicted molar refractivity (Wildman–Crippen MR) is 107 cm³/mol. The van der Waals surface area contributed by atoms with E-state index in [2.05, 4.69) is 0 Å². The van der Waals surface area contributed by atoms with Crippen LogP contribution in [-0.2, 0) is 17.9 Å². The second-order valence-corrected chi connectivity index (χ2v) is 7.98. The van der Waals surface area contributed by atoms with E-state index in [1.54, 1.807) is 0 Å². The molecule has 1 aliphatic heterocycles. The predicted octanol–water partition coefficient (Wildman–Crippen LogP) is 2.24. The molecule has 0 spiro atoms. The fourth-order valence-corrected chi connectivity index (χ4v) is 4.76. The van der Waals surface area contributed by atoms with Crippen molar-refractivity contribution in [3.8, 4) is 0 Å². The number of nitrogens with zero attached hydrogens (tertiary/aromatic N) is 3. The Kier molecular flexibility index (Phi) is 5.46. The fraction of sp³-hybridized carbons (Fsp3) is 0.500. The third kappa shape index (κ3) is 3.81. The zero-order valence-electron chi connectivity index (χ0n) is 16.1. The minimum absolute atomic E-state index is 0.103. The molecule has 6 heteroatoms. The van der Waals surface area contributed by atoms with Gasteiger partial charge in [0.25, 0.3) is 5.56 Å². The highest BCUT2D eigenvalue weighted by Gasteiger charge is 2.35. The van der Waals surface area contributed by atoms with Gasteiger partial charge in [-0.1, -0.05) is 43.2 Å². The van der Waals surface area contributed by atoms with Crippen molar-refractivity contribution in [3.63, 3.8) is 0 Å². The molecule has 2 aromatic rings. The standard InChI is InChI=1S/C22H27N3O3/c26-20-12-14-23(15-17-7-2-1-3-8-17)22(28)25(20)16-21(27)24-13-6-10-18-9-4-5-11-19(18)24/h1-3,7-8,12,14,18-19H,4-6,9-11,13,15-16H2. The fourth-order valence-electron chi connectivity index (χ4n) is 4.76. The van der Waals surface area contributed by atoms with E-state index in [9.17, 15) is 14.4 Å². The number of benzene rings is 1. The summed E-state index contributed by atoms with van der Waals surface area (Å²) in [5.41, 5.74) is 0.129. The molecule has 0 radical (unpaired) electrons. The van der Waals surface area contributed by atoms with Crippen molar-refractivity contribution in [1.82, 2.24) is 14.0 Å². The zero-order chi connectivity index (χ0) is 19.5. The summed E-state index contributed by atoms with van der Waals surface area (Å²) in [6, 6.07) is 11.3. The van der Waals surface area contributed by atoms with Gasteiger partial charge in [-0.3, -0.25) is 18.7 Å². The lowest BCUT2D eigenvalue weighted by Gasteiger charge is -2.44. The van der Waals surface area contributed by atoms with Crippen LogP contribution in [0, 0.1) is 5.92 Å². The molecule has 0 N–H and O–H groups in total. The average molecular weight is 381 g/mol. The Morgan fingerprint density at radius 1 is 0.964 bits per heavy atom. The minimum Gasteiger partial charge on any atom is -0.338 e. The normalized spacial score (nSPS) is 21.9. The molecule has 28 heavy (non-hydrogen) atoms. The van der Waals surface area contributed by atoms with Gasteiger partial charge in [-0.25, -0.2) is 4.79 Å². The van der Waals surface area contributed by atoms with E-state index in [1.807, 2.05) is 35.2 Å². The van der Waals surface area contributed by atoms with Crippen LogP contribution >= 0.6 is 0 Å². The number of carbonyl (C=O) groups excluding carboxylic acids is 1. The molecule has 1 aliphatic carbocycles. The van der Waals surface area contributed by atoms with Gasteiger partial charge in [-0.15, -0.1) is 0 Å². The molecule has 1 saturated heterocycles. The third-order valence-electron chi connectivity index (χ3n) is 6.19. The first-order chi connectivity index (χ1) is 13.6. The zero-order valence-corrected chi connectivity index (χ0v) is 16.1. The summed E-state index contributed by atoms with van der Waals surface area (Å²) in [5, 5.41) is 0. The van der Waals surface area contributed by atoms with Crippen LogP contribution in [0.15, 0.2) is 52.2 Å². The van der Waals surface area contributed by atoms with Crippen LogP contribution in [-0.4, -0.2) is 32.5 Å². The van der Waals surface area contributed by atoms with Crippen LogP contribution in [0.1, 0.15) is 44.1 Å². The molecule has 1 saturated carbocycles. The first kappa shape index (κ1) is 18.7. The maximum absolute atomic E-state index is 13.0. The Morgan fingerprint density at radius 3 is 2.54 bits per heavy atom. The van der Waals surface area contributed by atoms with Crippen molar-refractivity contribution in [1.29, 1.82) is 0 Å². The average Bonchev–Trinajstić information content (AvgIpc) is 2.73. The second-order valence-electron chi connectivity index (χ2n) is 7.98. The Morgan fingerprint density at radius 2 is 1.71 bits per heavy atom. The molecule has 2 aliphatic rings. The van der Waals surface area contributed by atoms with Crippen molar-refractivity contribution >= 4 is 5.91 Å². The maximum atomic E-state index is 13.0. The lowest BCUT2D eigenvalue weighted by molar-refractivity contribution is -0.138. The number of amides is 1. The number of carbonyl (C=O) groups is 1. The number of piperidine rings is 1. The summed E-state index contributed by atoms with van der Waals surface area (Å²) in [6.07, 6.45) is 8.32. The Bertz CT molecular complexity index is 945. The number of aromatic nitrogens is 2. The van der Waals surface area contributed by atoms with E-state index >= 15 is 0 Å². The number of fused-ring (bicyclic) bond motifs is 1. The lowest BCUT2D eigenvalue weighted by Crippen LogP contribution is -2.52. The van der Waals surface area contributed by atoms with Gasteiger partial charge in [0.15, 0.2) is 0 Å². The lowest BCUT2D eigenvalue weighted by atomic mass is 9.78. The summed E-state index contributed by atoms with van der Waals surface area (Å²) in [4.78, 5) is 40.1. The highest BCUT2D eigenvalue weighted by molar-refractivity contribution is 5.76. The van der Waals surface area contributed by atoms with Crippen molar-refractivity contribution in [2.45, 2.75) is 57.7 Å². The summed E-state index contributed by atoms with van der Waals surface area (Å²) >= 11 is 0. The van der Waals surface area contributed by atoms with Crippen LogP contribution in [0.5, 0.6) is 0 Å². The quantitative estimate of drug-likeness (QED) is 0.816. The van der Waals surface area contributed by atoms with Gasteiger partial charge in [-0.05, 0) is 37.2 Å². The number of rotatable bonds is 4. The van der Waals surface area contributed by atoms with E-state index in [0.29, 0.717) is 12.5 Å². The van der Waals surface area contributed by atoms with Crippen molar-refractivity contribution in [3.05, 3.63) is 69.0 Å². The summed E-state index contributed by atoms with van der Waals surface area (Å²) in [6.45, 7) is 0.943. The number of likely N-dealkylation sites (tertiary alicyclic amines) is 1. The van der Waals surface area contributed by atoms with Crippen LogP contribution < -0.4 is 11.2 Å². The SMILES string of the molecule is O=C(Cn1c(=O)ccn(Cc2ccccc2)c1=O)N1CCCC2CCCCC21. The molecule has 2 atom stereocenters. The highest BCUT2D eigenvalue weighted by atomic mass is 16.2. The topological polar surface area (TPSA) is 64.3 Å². The molecule has 6 nitrogen and oxygen atoms in total. The minimum atomic E-state index is -0.429. The Hall–Kier alpha value is -2.63. The Balaban J connectivity index is 1.55. The third-order valence-corrected chi connectivity index (χ3v) is 6.19. The van der Waals surface area contributed by atoms with Gasteiger partial charge in [0.1, 0.15) is 6.54 Å². The van der Waals surface area contributed by atoms with Gasteiger partial charge in [-0.2, -0.15) is 0 Å². The molecule has 2 heterocycles. The first-order valence-corrected chi connectivity index (χ1v) is 10.3. The first-order valence-electron chi connectivity index (χ1n) is 10.3. The van der Waals surface area contributed by atoms with E-state index < -0.39 is 11.2 Å². The molecule has 1 aromatic carbocycles. The van der Waals surface area contributed by atoms with Gasteiger partial charge in [0.05, 0.1) is 6.54 Å². The van der Waals surface area contributed by atoms with Crippen LogP contribution in [0.2, 0.25) is 0 Å². The smallest absolute Gasteiger partial charge is 0.331 e. The number of hydrogen-bond acceptors (Lipinski definition) is 3. The summed E-state index contributed by atoms with van der Waals surface area (Å²) < 4.78 is 2.57. The van der Waals surface area contributed by atoms with Gasteiger partial charge in [0.2, 0.25) is 5.91 Å². The molecule has 1 aromatic heterocycles. The van der Waals surface area contributed by atoms with Crippen molar-refractivity contribution in [2.75, 3.05) is 6.54 Å². The maximum Gasteiger partial charge on any atom is 0.331 e. The van der Waals surface area contributed by atoms with Gasteiger partial charge >= 0.3 is 5.69 Å². The Labute approximate surface area is 164 Å². The monoisotopic (exact) mass is 381 g/mol. The van der Waals surface area contributed by atoms with Crippen LogP contribution in [0.25, 0.3) is 0 Å². The summed E-state index contributed by atoms with van der Waals surface area (Å²) in [7, 11) is 0. The molecule has 148 valence electrons. The molecule has 1 amide bonds. The van der Waals surface area contributed by atoms with E-state index in [4.69, 9.17) is 0 Å². The van der Waals surface area contributed by atoms with E-state index in [1.165, 1.54) is 36.1 Å². The van der Waals surface area contributed by atoms with Crippen LogP contribution in [0.4, 0.5) is 0 Å². The molecular formula is C22H27N3O3. The van der Waals surface area contributed by atoms with Gasteiger partial charge in [0, 0.05) is 24.8 Å². The highest BCUT2D eigenvalue weighted by Crippen LogP contribution is 2.35. The van der Waals surface area contributed by atoms with Gasteiger partial charge < -0.3 is 4.90 Å². The number of hydrogen-bond donors (Lipinski definition) is 0. The molecule has 2 unspecified atom stereocenters. The van der Waals surface area contributed by atoms with Crippen molar-refractivity contribution in [2.24, 2.45) is 5.92 Å². The van der Waals surface area contributed by atoms with Crippen molar-refractivity contribution < 1.29 is 4.79 Å². The van der Waals surface area contributed by atoms with E-state index in [-0.39, 0.29) is 18.5 Å². The van der Waals surface area contributed by atoms with E-state index in [0.717, 1.165) is 35.9 Å². The molecule has 0 bridgehead atoms. The molecular weight excluding hydrogens is 354 g/mol. The molecule has 2 fully saturated rings.